The van der Waals surface area contributed by atoms with Crippen molar-refractivity contribution in [3.8, 4) is 0 Å². The fourth-order valence-electron chi connectivity index (χ4n) is 2.69. The number of hydrogen-bond donors (Lipinski definition) is 1. The van der Waals surface area contributed by atoms with Crippen LogP contribution in [0.2, 0.25) is 0 Å². The van der Waals surface area contributed by atoms with Crippen molar-refractivity contribution in [1.82, 2.24) is 4.90 Å². The van der Waals surface area contributed by atoms with Crippen LogP contribution in [0.25, 0.3) is 0 Å². The molecule has 0 aromatic rings. The minimum absolute atomic E-state index is 0.0661. The Balaban J connectivity index is 1.87. The number of nitrogens with zero attached hydrogens (tertiary/aromatic N) is 1. The van der Waals surface area contributed by atoms with Crippen molar-refractivity contribution in [3.63, 3.8) is 0 Å². The summed E-state index contributed by atoms with van der Waals surface area (Å²) < 4.78 is 0. The summed E-state index contributed by atoms with van der Waals surface area (Å²) in [4.78, 5) is 2.49. The summed E-state index contributed by atoms with van der Waals surface area (Å²) in [5.41, 5.74) is 0. The average Bonchev–Trinajstić information content (AvgIpc) is 2.20. The number of aliphatic hydroxyl groups is 1. The first-order valence-electron chi connectivity index (χ1n) is 5.83. The van der Waals surface area contributed by atoms with E-state index in [0.717, 1.165) is 25.9 Å². The molecule has 1 N–H and O–H groups in total. The Morgan fingerprint density at radius 3 is 2.29 bits per heavy atom. The van der Waals surface area contributed by atoms with Gasteiger partial charge in [-0.25, -0.2) is 0 Å². The summed E-state index contributed by atoms with van der Waals surface area (Å²) in [6, 6.07) is 0.581. The predicted molar refractivity (Wildman–Crippen MR) is 58.7 cm³/mol. The SMILES string of the molecule is OC1CCN(C2CCCCC2Cl)CC1. The summed E-state index contributed by atoms with van der Waals surface area (Å²) in [6.45, 7) is 2.07. The molecule has 0 aromatic heterocycles. The number of likely N-dealkylation sites (tertiary alicyclic amines) is 1. The Morgan fingerprint density at radius 1 is 1.00 bits per heavy atom. The minimum atomic E-state index is -0.0661. The van der Waals surface area contributed by atoms with Gasteiger partial charge in [0, 0.05) is 24.5 Å². The molecule has 1 heterocycles. The van der Waals surface area contributed by atoms with Crippen molar-refractivity contribution in [1.29, 1.82) is 0 Å². The van der Waals surface area contributed by atoms with Crippen molar-refractivity contribution in [3.05, 3.63) is 0 Å². The number of piperidine rings is 1. The predicted octanol–water partition coefficient (Wildman–Crippen LogP) is 1.99. The molecule has 0 bridgehead atoms. The van der Waals surface area contributed by atoms with E-state index in [1.54, 1.807) is 0 Å². The highest BCUT2D eigenvalue weighted by Crippen LogP contribution is 2.29. The van der Waals surface area contributed by atoms with Gasteiger partial charge in [-0.1, -0.05) is 12.8 Å². The first-order valence-corrected chi connectivity index (χ1v) is 6.27. The molecule has 0 aromatic carbocycles. The molecule has 2 unspecified atom stereocenters. The minimum Gasteiger partial charge on any atom is -0.393 e. The molecule has 82 valence electrons. The monoisotopic (exact) mass is 217 g/mol. The van der Waals surface area contributed by atoms with Gasteiger partial charge >= 0.3 is 0 Å². The lowest BCUT2D eigenvalue weighted by atomic mass is 9.92. The Bertz CT molecular complexity index is 180. The Hall–Kier alpha value is 0.210. The van der Waals surface area contributed by atoms with E-state index in [9.17, 15) is 5.11 Å². The summed E-state index contributed by atoms with van der Waals surface area (Å²) in [5, 5.41) is 9.78. The fraction of sp³-hybridized carbons (Fsp3) is 1.00. The maximum atomic E-state index is 9.43. The molecule has 0 radical (unpaired) electrons. The summed E-state index contributed by atoms with van der Waals surface area (Å²) >= 11 is 6.35. The molecule has 2 aliphatic rings. The molecular formula is C11H20ClNO. The zero-order chi connectivity index (χ0) is 9.97. The Labute approximate surface area is 91.2 Å². The van der Waals surface area contributed by atoms with Crippen molar-refractivity contribution in [2.24, 2.45) is 0 Å². The first kappa shape index (κ1) is 10.7. The standard InChI is InChI=1S/C11H20ClNO/c12-10-3-1-2-4-11(10)13-7-5-9(14)6-8-13/h9-11,14H,1-8H2. The summed E-state index contributed by atoms with van der Waals surface area (Å²) in [5.74, 6) is 0. The third kappa shape index (κ3) is 2.41. The van der Waals surface area contributed by atoms with E-state index in [2.05, 4.69) is 4.90 Å². The van der Waals surface area contributed by atoms with Crippen LogP contribution < -0.4 is 0 Å². The maximum absolute atomic E-state index is 9.43. The second-order valence-corrected chi connectivity index (χ2v) is 5.20. The van der Waals surface area contributed by atoms with E-state index in [4.69, 9.17) is 11.6 Å². The zero-order valence-corrected chi connectivity index (χ0v) is 9.42. The second-order valence-electron chi connectivity index (χ2n) is 4.63. The molecular weight excluding hydrogens is 198 g/mol. The topological polar surface area (TPSA) is 23.5 Å². The van der Waals surface area contributed by atoms with Crippen LogP contribution in [-0.2, 0) is 0 Å². The fourth-order valence-corrected chi connectivity index (χ4v) is 3.13. The molecule has 1 saturated carbocycles. The van der Waals surface area contributed by atoms with Crippen LogP contribution in [0.5, 0.6) is 0 Å². The molecule has 1 aliphatic carbocycles. The first-order chi connectivity index (χ1) is 6.77. The Kier molecular flexibility index (Phi) is 3.69. The van der Waals surface area contributed by atoms with Gasteiger partial charge in [0.15, 0.2) is 0 Å². The molecule has 2 fully saturated rings. The third-order valence-corrected chi connectivity index (χ3v) is 4.12. The highest BCUT2D eigenvalue weighted by atomic mass is 35.5. The van der Waals surface area contributed by atoms with E-state index < -0.39 is 0 Å². The number of rotatable bonds is 1. The van der Waals surface area contributed by atoms with Crippen LogP contribution in [0, 0.1) is 0 Å². The van der Waals surface area contributed by atoms with Crippen molar-refractivity contribution in [2.75, 3.05) is 13.1 Å². The van der Waals surface area contributed by atoms with E-state index in [-0.39, 0.29) is 6.10 Å². The van der Waals surface area contributed by atoms with Crippen LogP contribution in [0.15, 0.2) is 0 Å². The van der Waals surface area contributed by atoms with E-state index in [1.807, 2.05) is 0 Å². The van der Waals surface area contributed by atoms with Gasteiger partial charge < -0.3 is 5.11 Å². The zero-order valence-electron chi connectivity index (χ0n) is 8.66. The van der Waals surface area contributed by atoms with Crippen molar-refractivity contribution in [2.45, 2.75) is 56.0 Å². The number of hydrogen-bond acceptors (Lipinski definition) is 2. The van der Waals surface area contributed by atoms with Crippen LogP contribution >= 0.6 is 11.6 Å². The average molecular weight is 218 g/mol. The highest BCUT2D eigenvalue weighted by molar-refractivity contribution is 6.21. The smallest absolute Gasteiger partial charge is 0.0564 e. The second kappa shape index (κ2) is 4.82. The Morgan fingerprint density at radius 2 is 1.64 bits per heavy atom. The van der Waals surface area contributed by atoms with Gasteiger partial charge in [0.25, 0.3) is 0 Å². The van der Waals surface area contributed by atoms with Gasteiger partial charge in [-0.2, -0.15) is 0 Å². The normalized spacial score (nSPS) is 37.3. The van der Waals surface area contributed by atoms with E-state index >= 15 is 0 Å². The molecule has 2 atom stereocenters. The van der Waals surface area contributed by atoms with Crippen LogP contribution in [0.4, 0.5) is 0 Å². The lowest BCUT2D eigenvalue weighted by molar-refractivity contribution is 0.0517. The molecule has 1 saturated heterocycles. The molecule has 0 amide bonds. The van der Waals surface area contributed by atoms with E-state index in [0.29, 0.717) is 11.4 Å². The maximum Gasteiger partial charge on any atom is 0.0564 e. The van der Waals surface area contributed by atoms with Gasteiger partial charge in [-0.05, 0) is 25.7 Å². The number of aliphatic hydroxyl groups excluding tert-OH is 1. The van der Waals surface area contributed by atoms with Crippen LogP contribution in [0.3, 0.4) is 0 Å². The lowest BCUT2D eigenvalue weighted by Crippen LogP contribution is -2.48. The molecule has 3 heteroatoms. The lowest BCUT2D eigenvalue weighted by Gasteiger charge is -2.40. The highest BCUT2D eigenvalue weighted by Gasteiger charge is 2.30. The summed E-state index contributed by atoms with van der Waals surface area (Å²) in [6.07, 6.45) is 6.84. The molecule has 0 spiro atoms. The molecule has 2 nitrogen and oxygen atoms in total. The van der Waals surface area contributed by atoms with Gasteiger partial charge in [0.1, 0.15) is 0 Å². The van der Waals surface area contributed by atoms with Gasteiger partial charge in [-0.3, -0.25) is 4.90 Å². The molecule has 14 heavy (non-hydrogen) atoms. The number of alkyl halides is 1. The molecule has 1 aliphatic heterocycles. The van der Waals surface area contributed by atoms with Gasteiger partial charge in [-0.15, -0.1) is 11.6 Å². The van der Waals surface area contributed by atoms with Gasteiger partial charge in [0.05, 0.1) is 6.10 Å². The van der Waals surface area contributed by atoms with Crippen molar-refractivity contribution < 1.29 is 5.11 Å². The van der Waals surface area contributed by atoms with Gasteiger partial charge in [0.2, 0.25) is 0 Å². The quantitative estimate of drug-likeness (QED) is 0.680. The third-order valence-electron chi connectivity index (χ3n) is 3.62. The van der Waals surface area contributed by atoms with Crippen LogP contribution in [0.1, 0.15) is 38.5 Å². The molecule has 2 rings (SSSR count). The summed E-state index contributed by atoms with van der Waals surface area (Å²) in [7, 11) is 0. The number of halogens is 1. The van der Waals surface area contributed by atoms with Crippen LogP contribution in [-0.4, -0.2) is 40.6 Å². The van der Waals surface area contributed by atoms with Crippen molar-refractivity contribution >= 4 is 11.6 Å². The largest absolute Gasteiger partial charge is 0.393 e. The van der Waals surface area contributed by atoms with E-state index in [1.165, 1.54) is 25.7 Å².